The number of hydrogen-bond acceptors (Lipinski definition) is 10. The average molecular weight is 611 g/mol. The van der Waals surface area contributed by atoms with Crippen molar-refractivity contribution in [1.82, 2.24) is 24.6 Å². The van der Waals surface area contributed by atoms with E-state index < -0.39 is 5.97 Å². The zero-order valence-corrected chi connectivity index (χ0v) is 26.4. The smallest absolute Gasteiger partial charge is 0.343 e. The largest absolute Gasteiger partial charge is 0.494 e. The lowest BCUT2D eigenvalue weighted by molar-refractivity contribution is -0.111. The normalized spacial score (nSPS) is 11.6. The van der Waals surface area contributed by atoms with Gasteiger partial charge in [0.25, 0.3) is 0 Å². The first-order valence-corrected chi connectivity index (χ1v) is 14.6. The number of hydrogen-bond donors (Lipinski definition) is 2. The number of methoxy groups -OCH3 is 1. The Hall–Kier alpha value is -5.23. The van der Waals surface area contributed by atoms with Crippen LogP contribution in [-0.2, 0) is 16.0 Å². The molecule has 0 saturated carbocycles. The summed E-state index contributed by atoms with van der Waals surface area (Å²) in [5.74, 6) is 0.0498. The molecule has 5 rings (SSSR count). The quantitative estimate of drug-likeness (QED) is 0.152. The van der Waals surface area contributed by atoms with Crippen LogP contribution in [0.15, 0.2) is 61.4 Å². The van der Waals surface area contributed by atoms with Gasteiger partial charge in [-0.15, -0.1) is 0 Å². The van der Waals surface area contributed by atoms with E-state index >= 15 is 0 Å². The standard InChI is InChI=1S/C33H38N8O4/c1-8-29(42)35-25-16-26(28(44-7)17-27(25)40(6)14-13-39(4)5)36-33-34-18-24(32(43)45-20(2)3)31(37-33)41-19-22-15-21-11-9-10-12-23(21)30(22)38-41/h8-12,16-20H,1,13-15H2,2-7H3,(H,35,42)(H,34,36,37). The molecule has 1 aliphatic carbocycles. The summed E-state index contributed by atoms with van der Waals surface area (Å²) in [6, 6.07) is 11.7. The number of esters is 1. The lowest BCUT2D eigenvalue weighted by Gasteiger charge is -2.26. The number of likely N-dealkylation sites (N-methyl/N-ethyl adjacent to an activating group) is 2. The van der Waals surface area contributed by atoms with Crippen LogP contribution in [0.3, 0.4) is 0 Å². The van der Waals surface area contributed by atoms with E-state index in [1.165, 1.54) is 17.8 Å². The van der Waals surface area contributed by atoms with Crippen LogP contribution >= 0.6 is 0 Å². The molecule has 2 N–H and O–H groups in total. The van der Waals surface area contributed by atoms with Crippen LogP contribution in [0.2, 0.25) is 0 Å². The maximum atomic E-state index is 13.1. The molecule has 4 aromatic rings. The number of carbonyl (C=O) groups excluding carboxylic acids is 2. The minimum atomic E-state index is -0.556. The molecule has 2 aromatic carbocycles. The molecule has 0 fully saturated rings. The highest BCUT2D eigenvalue weighted by Gasteiger charge is 2.26. The fourth-order valence-electron chi connectivity index (χ4n) is 5.04. The molecular weight excluding hydrogens is 572 g/mol. The number of nitrogens with one attached hydrogen (secondary N) is 2. The molecule has 12 nitrogen and oxygen atoms in total. The van der Waals surface area contributed by atoms with E-state index in [2.05, 4.69) is 33.2 Å². The maximum absolute atomic E-state index is 13.1. The third-order valence-electron chi connectivity index (χ3n) is 7.29. The topological polar surface area (TPSA) is 127 Å². The van der Waals surface area contributed by atoms with Crippen molar-refractivity contribution in [1.29, 1.82) is 0 Å². The van der Waals surface area contributed by atoms with E-state index in [4.69, 9.17) is 19.6 Å². The van der Waals surface area contributed by atoms with Crippen molar-refractivity contribution in [3.63, 3.8) is 0 Å². The molecule has 1 aliphatic rings. The van der Waals surface area contributed by atoms with Crippen LogP contribution < -0.4 is 20.3 Å². The number of benzene rings is 2. The van der Waals surface area contributed by atoms with Crippen molar-refractivity contribution in [2.45, 2.75) is 26.4 Å². The number of anilines is 4. The van der Waals surface area contributed by atoms with Gasteiger partial charge in [-0.2, -0.15) is 10.1 Å². The molecule has 0 unspecified atom stereocenters. The van der Waals surface area contributed by atoms with Crippen molar-refractivity contribution >= 4 is 34.9 Å². The van der Waals surface area contributed by atoms with E-state index in [0.29, 0.717) is 23.7 Å². The van der Waals surface area contributed by atoms with Crippen LogP contribution in [0.5, 0.6) is 5.75 Å². The van der Waals surface area contributed by atoms with Gasteiger partial charge in [0.2, 0.25) is 11.9 Å². The fourth-order valence-corrected chi connectivity index (χ4v) is 5.04. The van der Waals surface area contributed by atoms with Gasteiger partial charge in [0.05, 0.1) is 36.0 Å². The fraction of sp³-hybridized carbons (Fsp3) is 0.303. The molecule has 2 heterocycles. The third kappa shape index (κ3) is 6.80. The van der Waals surface area contributed by atoms with E-state index in [1.807, 2.05) is 56.5 Å². The summed E-state index contributed by atoms with van der Waals surface area (Å²) < 4.78 is 12.8. The predicted octanol–water partition coefficient (Wildman–Crippen LogP) is 4.67. The second-order valence-corrected chi connectivity index (χ2v) is 11.3. The molecule has 0 atom stereocenters. The Bertz CT molecular complexity index is 1750. The summed E-state index contributed by atoms with van der Waals surface area (Å²) >= 11 is 0. The Morgan fingerprint density at radius 3 is 2.60 bits per heavy atom. The Morgan fingerprint density at radius 1 is 1.11 bits per heavy atom. The van der Waals surface area contributed by atoms with Gasteiger partial charge in [0.1, 0.15) is 11.3 Å². The summed E-state index contributed by atoms with van der Waals surface area (Å²) in [5, 5.41) is 10.9. The second kappa shape index (κ2) is 13.2. The summed E-state index contributed by atoms with van der Waals surface area (Å²) in [5.41, 5.74) is 6.12. The third-order valence-corrected chi connectivity index (χ3v) is 7.29. The zero-order valence-electron chi connectivity index (χ0n) is 26.4. The van der Waals surface area contributed by atoms with E-state index in [-0.39, 0.29) is 29.3 Å². The minimum Gasteiger partial charge on any atom is -0.494 e. The van der Waals surface area contributed by atoms with Crippen LogP contribution in [0, 0.1) is 0 Å². The van der Waals surface area contributed by atoms with Gasteiger partial charge >= 0.3 is 5.97 Å². The Balaban J connectivity index is 1.55. The van der Waals surface area contributed by atoms with Gasteiger partial charge in [-0.05, 0) is 45.6 Å². The van der Waals surface area contributed by atoms with Crippen LogP contribution in [0.4, 0.5) is 23.0 Å². The number of carbonyl (C=O) groups is 2. The molecule has 234 valence electrons. The molecule has 1 amide bonds. The van der Waals surface area contributed by atoms with Crippen molar-refractivity contribution in [2.75, 3.05) is 56.9 Å². The van der Waals surface area contributed by atoms with Gasteiger partial charge in [0, 0.05) is 56.1 Å². The van der Waals surface area contributed by atoms with Crippen LogP contribution in [0.25, 0.3) is 17.1 Å². The van der Waals surface area contributed by atoms with Gasteiger partial charge in [-0.1, -0.05) is 30.8 Å². The molecule has 0 radical (unpaired) electrons. The molecule has 45 heavy (non-hydrogen) atoms. The SMILES string of the molecule is C=CC(=O)Nc1cc(Nc2ncc(C(=O)OC(C)C)c(-n3cc4c(n3)-c3ccccc3C4)n2)c(OC)cc1N(C)CCN(C)C. The van der Waals surface area contributed by atoms with E-state index in [9.17, 15) is 9.59 Å². The molecule has 0 bridgehead atoms. The number of rotatable bonds is 12. The Kier molecular flexibility index (Phi) is 9.14. The van der Waals surface area contributed by atoms with Crippen LogP contribution in [0.1, 0.15) is 35.3 Å². The van der Waals surface area contributed by atoms with E-state index in [0.717, 1.165) is 35.5 Å². The highest BCUT2D eigenvalue weighted by molar-refractivity contribution is 6.02. The van der Waals surface area contributed by atoms with Gasteiger partial charge < -0.3 is 29.9 Å². The van der Waals surface area contributed by atoms with Gasteiger partial charge in [0.15, 0.2) is 5.82 Å². The number of aromatic nitrogens is 4. The highest BCUT2D eigenvalue weighted by atomic mass is 16.5. The molecule has 2 aromatic heterocycles. The van der Waals surface area contributed by atoms with Crippen LogP contribution in [-0.4, -0.2) is 84.0 Å². The lowest BCUT2D eigenvalue weighted by atomic mass is 10.1. The van der Waals surface area contributed by atoms with Crippen molar-refractivity contribution < 1.29 is 19.1 Å². The number of nitrogens with zero attached hydrogens (tertiary/aromatic N) is 6. The molecule has 0 aliphatic heterocycles. The number of fused-ring (bicyclic) bond motifs is 3. The maximum Gasteiger partial charge on any atom is 0.343 e. The summed E-state index contributed by atoms with van der Waals surface area (Å²) in [7, 11) is 7.51. The minimum absolute atomic E-state index is 0.174. The number of amides is 1. The van der Waals surface area contributed by atoms with E-state index in [1.54, 1.807) is 31.7 Å². The van der Waals surface area contributed by atoms with Crippen molar-refractivity contribution in [3.8, 4) is 22.8 Å². The monoisotopic (exact) mass is 610 g/mol. The lowest BCUT2D eigenvalue weighted by Crippen LogP contribution is -2.29. The van der Waals surface area contributed by atoms with Crippen molar-refractivity contribution in [3.05, 3.63) is 78.1 Å². The zero-order chi connectivity index (χ0) is 32.2. The van der Waals surface area contributed by atoms with Gasteiger partial charge in [-0.3, -0.25) is 4.79 Å². The first kappa shape index (κ1) is 31.2. The van der Waals surface area contributed by atoms with Crippen molar-refractivity contribution in [2.24, 2.45) is 0 Å². The summed E-state index contributed by atoms with van der Waals surface area (Å²) in [6.07, 6.45) is 4.92. The molecule has 0 saturated heterocycles. The predicted molar refractivity (Wildman–Crippen MR) is 175 cm³/mol. The molecular formula is C33H38N8O4. The average Bonchev–Trinajstić information content (AvgIpc) is 3.58. The van der Waals surface area contributed by atoms with Gasteiger partial charge in [-0.25, -0.2) is 14.5 Å². The summed E-state index contributed by atoms with van der Waals surface area (Å²) in [4.78, 5) is 38.8. The summed E-state index contributed by atoms with van der Waals surface area (Å²) in [6.45, 7) is 8.66. The Labute approximate surface area is 262 Å². The first-order chi connectivity index (χ1) is 21.6. The second-order valence-electron chi connectivity index (χ2n) is 11.3. The number of ether oxygens (including phenoxy) is 2. The molecule has 0 spiro atoms. The molecule has 12 heteroatoms. The Morgan fingerprint density at radius 2 is 1.89 bits per heavy atom. The first-order valence-electron chi connectivity index (χ1n) is 14.6. The highest BCUT2D eigenvalue weighted by Crippen LogP contribution is 2.39.